The molecule has 0 saturated heterocycles. The number of rotatable bonds is 9. The lowest BCUT2D eigenvalue weighted by atomic mass is 10.1. The number of aromatic nitrogens is 3. The number of hydrogen-bond acceptors (Lipinski definition) is 4. The summed E-state index contributed by atoms with van der Waals surface area (Å²) >= 11 is 0. The largest absolute Gasteiger partial charge is 0.497 e. The second-order valence-electron chi connectivity index (χ2n) is 8.08. The van der Waals surface area contributed by atoms with Crippen molar-refractivity contribution >= 4 is 5.96 Å². The monoisotopic (exact) mass is 434 g/mol. The van der Waals surface area contributed by atoms with Gasteiger partial charge in [-0.05, 0) is 56.9 Å². The molecule has 0 unspecified atom stereocenters. The van der Waals surface area contributed by atoms with Crippen LogP contribution in [0.1, 0.15) is 33.9 Å². The Bertz CT molecular complexity index is 1020. The van der Waals surface area contributed by atoms with Crippen molar-refractivity contribution in [2.75, 3.05) is 20.2 Å². The third-order valence-electron chi connectivity index (χ3n) is 5.41. The summed E-state index contributed by atoms with van der Waals surface area (Å²) in [5.74, 6) is 3.37. The van der Waals surface area contributed by atoms with Crippen LogP contribution in [0.5, 0.6) is 5.75 Å². The number of methoxy groups -OCH3 is 1. The fourth-order valence-corrected chi connectivity index (χ4v) is 3.57. The summed E-state index contributed by atoms with van der Waals surface area (Å²) in [7, 11) is 3.64. The number of benzene rings is 2. The SMILES string of the molecule is COc1ccc(CCNC(=NCc2nnc(C)n2C)NCCc2cc(C)cc(C)c2)cc1. The standard InChI is InChI=1S/C25H34N6O/c1-18-14-19(2)16-22(15-18)11-13-27-25(28-17-24-30-29-20(3)31(24)4)26-12-10-21-6-8-23(32-5)9-7-21/h6-9,14-16H,10-13,17H2,1-5H3,(H2,26,27,28). The van der Waals surface area contributed by atoms with E-state index in [9.17, 15) is 0 Å². The van der Waals surface area contributed by atoms with Crippen molar-refractivity contribution < 1.29 is 4.74 Å². The van der Waals surface area contributed by atoms with Crippen molar-refractivity contribution in [1.82, 2.24) is 25.4 Å². The molecule has 3 rings (SSSR count). The fraction of sp³-hybridized carbons (Fsp3) is 0.400. The van der Waals surface area contributed by atoms with Crippen molar-refractivity contribution in [3.05, 3.63) is 76.4 Å². The van der Waals surface area contributed by atoms with Crippen LogP contribution >= 0.6 is 0 Å². The van der Waals surface area contributed by atoms with Gasteiger partial charge in [0.05, 0.1) is 7.11 Å². The summed E-state index contributed by atoms with van der Waals surface area (Å²) in [6.07, 6.45) is 1.83. The molecule has 0 aliphatic carbocycles. The lowest BCUT2D eigenvalue weighted by Crippen LogP contribution is -2.39. The Balaban J connectivity index is 1.60. The maximum absolute atomic E-state index is 5.23. The average molecular weight is 435 g/mol. The van der Waals surface area contributed by atoms with Crippen molar-refractivity contribution in [3.63, 3.8) is 0 Å². The molecule has 3 aromatic rings. The van der Waals surface area contributed by atoms with Crippen molar-refractivity contribution in [2.24, 2.45) is 12.0 Å². The number of aryl methyl sites for hydroxylation is 3. The molecule has 0 saturated carbocycles. The predicted octanol–water partition coefficient (Wildman–Crippen LogP) is 3.27. The molecule has 32 heavy (non-hydrogen) atoms. The minimum Gasteiger partial charge on any atom is -0.497 e. The topological polar surface area (TPSA) is 76.4 Å². The maximum atomic E-state index is 5.23. The highest BCUT2D eigenvalue weighted by Crippen LogP contribution is 2.11. The molecule has 0 atom stereocenters. The van der Waals surface area contributed by atoms with E-state index < -0.39 is 0 Å². The molecule has 0 aliphatic heterocycles. The van der Waals surface area contributed by atoms with Gasteiger partial charge in [0.1, 0.15) is 18.1 Å². The lowest BCUT2D eigenvalue weighted by molar-refractivity contribution is 0.414. The molecular formula is C25H34N6O. The maximum Gasteiger partial charge on any atom is 0.191 e. The molecule has 1 heterocycles. The number of nitrogens with one attached hydrogen (secondary N) is 2. The van der Waals surface area contributed by atoms with E-state index in [0.29, 0.717) is 6.54 Å². The number of aliphatic imine (C=N–C) groups is 1. The molecule has 0 amide bonds. The molecule has 0 radical (unpaired) electrons. The molecule has 2 N–H and O–H groups in total. The van der Waals surface area contributed by atoms with E-state index in [1.807, 2.05) is 30.7 Å². The number of hydrogen-bond donors (Lipinski definition) is 2. The van der Waals surface area contributed by atoms with Gasteiger partial charge in [-0.15, -0.1) is 10.2 Å². The normalized spacial score (nSPS) is 11.5. The molecule has 2 aromatic carbocycles. The number of nitrogens with zero attached hydrogens (tertiary/aromatic N) is 4. The first-order valence-electron chi connectivity index (χ1n) is 11.0. The van der Waals surface area contributed by atoms with E-state index in [-0.39, 0.29) is 0 Å². The minimum atomic E-state index is 0.471. The summed E-state index contributed by atoms with van der Waals surface area (Å²) in [6.45, 7) is 8.27. The van der Waals surface area contributed by atoms with E-state index in [2.05, 4.69) is 65.0 Å². The van der Waals surface area contributed by atoms with Gasteiger partial charge in [0, 0.05) is 20.1 Å². The van der Waals surface area contributed by atoms with Gasteiger partial charge in [0.2, 0.25) is 0 Å². The highest BCUT2D eigenvalue weighted by molar-refractivity contribution is 5.79. The van der Waals surface area contributed by atoms with Crippen LogP contribution in [-0.2, 0) is 26.4 Å². The van der Waals surface area contributed by atoms with Crippen LogP contribution in [0.2, 0.25) is 0 Å². The molecule has 0 fully saturated rings. The van der Waals surface area contributed by atoms with Crippen molar-refractivity contribution in [2.45, 2.75) is 40.2 Å². The summed E-state index contributed by atoms with van der Waals surface area (Å²) in [6, 6.07) is 14.8. The van der Waals surface area contributed by atoms with Crippen LogP contribution in [-0.4, -0.2) is 40.9 Å². The number of guanidine groups is 1. The van der Waals surface area contributed by atoms with Gasteiger partial charge in [0.15, 0.2) is 11.8 Å². The Morgan fingerprint density at radius 3 is 2.09 bits per heavy atom. The molecule has 0 aliphatic rings. The van der Waals surface area contributed by atoms with Gasteiger partial charge in [0.25, 0.3) is 0 Å². The Morgan fingerprint density at radius 2 is 1.53 bits per heavy atom. The van der Waals surface area contributed by atoms with Crippen LogP contribution in [0.15, 0.2) is 47.5 Å². The second kappa shape index (κ2) is 11.3. The smallest absolute Gasteiger partial charge is 0.191 e. The van der Waals surface area contributed by atoms with Crippen molar-refractivity contribution in [1.29, 1.82) is 0 Å². The number of ether oxygens (including phenoxy) is 1. The Morgan fingerprint density at radius 1 is 0.906 bits per heavy atom. The van der Waals surface area contributed by atoms with E-state index in [1.54, 1.807) is 7.11 Å². The van der Waals surface area contributed by atoms with E-state index in [1.165, 1.54) is 22.3 Å². The summed E-state index contributed by atoms with van der Waals surface area (Å²) < 4.78 is 7.20. The van der Waals surface area contributed by atoms with Crippen LogP contribution in [0, 0.1) is 20.8 Å². The van der Waals surface area contributed by atoms with Gasteiger partial charge in [-0.1, -0.05) is 41.5 Å². The molecule has 170 valence electrons. The Hall–Kier alpha value is -3.35. The van der Waals surface area contributed by atoms with E-state index in [0.717, 1.165) is 49.3 Å². The molecule has 7 nitrogen and oxygen atoms in total. The van der Waals surface area contributed by atoms with Crippen molar-refractivity contribution in [3.8, 4) is 5.75 Å². The summed E-state index contributed by atoms with van der Waals surface area (Å²) in [4.78, 5) is 4.74. The first kappa shape index (κ1) is 23.3. The van der Waals surface area contributed by atoms with E-state index in [4.69, 9.17) is 9.73 Å². The van der Waals surface area contributed by atoms with E-state index >= 15 is 0 Å². The highest BCUT2D eigenvalue weighted by Gasteiger charge is 2.06. The molecule has 0 spiro atoms. The molecule has 0 bridgehead atoms. The third kappa shape index (κ3) is 6.83. The van der Waals surface area contributed by atoms with Gasteiger partial charge < -0.3 is 19.9 Å². The summed E-state index contributed by atoms with van der Waals surface area (Å²) in [5.41, 5.74) is 5.17. The zero-order valence-electron chi connectivity index (χ0n) is 19.8. The Labute approximate surface area is 190 Å². The minimum absolute atomic E-state index is 0.471. The van der Waals surface area contributed by atoms with Gasteiger partial charge in [-0.2, -0.15) is 0 Å². The second-order valence-corrected chi connectivity index (χ2v) is 8.08. The van der Waals surface area contributed by atoms with Gasteiger partial charge in [-0.3, -0.25) is 0 Å². The molecule has 1 aromatic heterocycles. The summed E-state index contributed by atoms with van der Waals surface area (Å²) in [5, 5.41) is 15.3. The quantitative estimate of drug-likeness (QED) is 0.399. The lowest BCUT2D eigenvalue weighted by Gasteiger charge is -2.13. The van der Waals surface area contributed by atoms with Crippen LogP contribution in [0.25, 0.3) is 0 Å². The first-order chi connectivity index (χ1) is 15.4. The average Bonchev–Trinajstić information content (AvgIpc) is 3.09. The predicted molar refractivity (Wildman–Crippen MR) is 129 cm³/mol. The third-order valence-corrected chi connectivity index (χ3v) is 5.41. The van der Waals surface area contributed by atoms with Crippen LogP contribution < -0.4 is 15.4 Å². The molecular weight excluding hydrogens is 400 g/mol. The zero-order valence-corrected chi connectivity index (χ0v) is 19.8. The molecule has 7 heteroatoms. The van der Waals surface area contributed by atoms with Gasteiger partial charge >= 0.3 is 0 Å². The van der Waals surface area contributed by atoms with Crippen LogP contribution in [0.4, 0.5) is 0 Å². The zero-order chi connectivity index (χ0) is 22.9. The van der Waals surface area contributed by atoms with Crippen LogP contribution in [0.3, 0.4) is 0 Å². The Kier molecular flexibility index (Phi) is 8.25. The highest BCUT2D eigenvalue weighted by atomic mass is 16.5. The first-order valence-corrected chi connectivity index (χ1v) is 11.0. The fourth-order valence-electron chi connectivity index (χ4n) is 3.57. The van der Waals surface area contributed by atoms with Gasteiger partial charge in [-0.25, -0.2) is 4.99 Å².